The van der Waals surface area contributed by atoms with Gasteiger partial charge in [0.1, 0.15) is 29.0 Å². The summed E-state index contributed by atoms with van der Waals surface area (Å²) in [5.74, 6) is -1.73. The van der Waals surface area contributed by atoms with Crippen LogP contribution in [-0.4, -0.2) is 28.7 Å². The molecule has 8 heteroatoms. The number of amides is 1. The van der Waals surface area contributed by atoms with Crippen LogP contribution in [0.1, 0.15) is 23.2 Å². The fourth-order valence-corrected chi connectivity index (χ4v) is 2.81. The lowest BCUT2D eigenvalue weighted by Crippen LogP contribution is -2.29. The van der Waals surface area contributed by atoms with Crippen LogP contribution in [0.5, 0.6) is 0 Å². The Bertz CT molecular complexity index is 873. The Labute approximate surface area is 143 Å². The molecule has 1 aliphatic rings. The molecule has 2 aromatic rings. The van der Waals surface area contributed by atoms with E-state index in [2.05, 4.69) is 21.6 Å². The Morgan fingerprint density at radius 3 is 2.60 bits per heavy atom. The summed E-state index contributed by atoms with van der Waals surface area (Å²) in [6.07, 6.45) is 0.0350. The Hall–Kier alpha value is -3.08. The lowest BCUT2D eigenvalue weighted by molar-refractivity contribution is -0.117. The van der Waals surface area contributed by atoms with Crippen LogP contribution in [0.15, 0.2) is 18.2 Å². The molecule has 1 aliphatic heterocycles. The average molecular weight is 343 g/mol. The number of hydrogen-bond acceptors (Lipinski definition) is 5. The molecule has 128 valence electrons. The molecule has 1 aromatic carbocycles. The van der Waals surface area contributed by atoms with E-state index in [9.17, 15) is 18.8 Å². The van der Waals surface area contributed by atoms with Crippen LogP contribution in [0.25, 0.3) is 0 Å². The quantitative estimate of drug-likeness (QED) is 0.926. The number of halogens is 2. The van der Waals surface area contributed by atoms with E-state index < -0.39 is 23.6 Å². The SMILES string of the molecule is Cc1nnc(N[C@H]2CC(=O)N(c3c(F)cccc3F)C2)c(C#N)c1C. The molecule has 1 saturated heterocycles. The molecule has 1 fully saturated rings. The summed E-state index contributed by atoms with van der Waals surface area (Å²) in [6.45, 7) is 3.57. The first-order valence-corrected chi connectivity index (χ1v) is 7.67. The topological polar surface area (TPSA) is 81.9 Å². The molecule has 1 N–H and O–H groups in total. The van der Waals surface area contributed by atoms with E-state index in [0.717, 1.165) is 17.0 Å². The van der Waals surface area contributed by atoms with Crippen molar-refractivity contribution >= 4 is 17.4 Å². The lowest BCUT2D eigenvalue weighted by Gasteiger charge is -2.19. The maximum atomic E-state index is 13.9. The largest absolute Gasteiger partial charge is 0.362 e. The van der Waals surface area contributed by atoms with Crippen LogP contribution in [0, 0.1) is 36.8 Å². The molecule has 3 rings (SSSR count). The summed E-state index contributed by atoms with van der Waals surface area (Å²) in [5, 5.41) is 20.3. The molecule has 1 aromatic heterocycles. The smallest absolute Gasteiger partial charge is 0.229 e. The second-order valence-electron chi connectivity index (χ2n) is 5.87. The van der Waals surface area contributed by atoms with Crippen LogP contribution in [0.3, 0.4) is 0 Å². The number of rotatable bonds is 3. The highest BCUT2D eigenvalue weighted by molar-refractivity contribution is 5.97. The van der Waals surface area contributed by atoms with Crippen molar-refractivity contribution in [1.82, 2.24) is 10.2 Å². The average Bonchev–Trinajstić information content (AvgIpc) is 2.91. The van der Waals surface area contributed by atoms with Gasteiger partial charge in [-0.1, -0.05) is 6.07 Å². The van der Waals surface area contributed by atoms with Gasteiger partial charge in [-0.05, 0) is 31.5 Å². The molecule has 25 heavy (non-hydrogen) atoms. The molecule has 0 radical (unpaired) electrons. The van der Waals surface area contributed by atoms with Gasteiger partial charge >= 0.3 is 0 Å². The molecule has 0 unspecified atom stereocenters. The van der Waals surface area contributed by atoms with Gasteiger partial charge in [0.25, 0.3) is 0 Å². The predicted octanol–water partition coefficient (Wildman–Crippen LogP) is 2.46. The summed E-state index contributed by atoms with van der Waals surface area (Å²) in [4.78, 5) is 13.3. The van der Waals surface area contributed by atoms with Crippen molar-refractivity contribution in [3.63, 3.8) is 0 Å². The molecule has 0 saturated carbocycles. The second-order valence-corrected chi connectivity index (χ2v) is 5.87. The fraction of sp³-hybridized carbons (Fsp3) is 0.294. The standard InChI is InChI=1S/C17H15F2N5O/c1-9-10(2)22-23-17(12(9)7-20)21-11-6-15(25)24(8-11)16-13(18)4-3-5-14(16)19/h3-5,11H,6,8H2,1-2H3,(H,21,23)/t11-/m0/s1. The van der Waals surface area contributed by atoms with Gasteiger partial charge in [-0.2, -0.15) is 10.4 Å². The van der Waals surface area contributed by atoms with Gasteiger partial charge in [0.2, 0.25) is 5.91 Å². The van der Waals surface area contributed by atoms with Crippen LogP contribution < -0.4 is 10.2 Å². The summed E-state index contributed by atoms with van der Waals surface area (Å²) >= 11 is 0. The van der Waals surface area contributed by atoms with E-state index in [4.69, 9.17) is 0 Å². The zero-order valence-corrected chi connectivity index (χ0v) is 13.7. The number of aromatic nitrogens is 2. The number of para-hydroxylation sites is 1. The molecule has 1 amide bonds. The van der Waals surface area contributed by atoms with E-state index in [0.29, 0.717) is 16.8 Å². The molecular formula is C17H15F2N5O. The highest BCUT2D eigenvalue weighted by atomic mass is 19.1. The molecule has 6 nitrogen and oxygen atoms in total. The Morgan fingerprint density at radius 2 is 1.96 bits per heavy atom. The lowest BCUT2D eigenvalue weighted by atomic mass is 10.1. The van der Waals surface area contributed by atoms with E-state index in [-0.39, 0.29) is 24.5 Å². The molecule has 1 atom stereocenters. The number of anilines is 2. The minimum Gasteiger partial charge on any atom is -0.362 e. The van der Waals surface area contributed by atoms with E-state index in [1.165, 1.54) is 6.07 Å². The summed E-state index contributed by atoms with van der Waals surface area (Å²) in [5.41, 5.74) is 1.32. The van der Waals surface area contributed by atoms with Crippen molar-refractivity contribution in [1.29, 1.82) is 5.26 Å². The van der Waals surface area contributed by atoms with Gasteiger partial charge in [0.05, 0.1) is 11.7 Å². The molecular weight excluding hydrogens is 328 g/mol. The van der Waals surface area contributed by atoms with Crippen LogP contribution in [0.2, 0.25) is 0 Å². The van der Waals surface area contributed by atoms with E-state index >= 15 is 0 Å². The predicted molar refractivity (Wildman–Crippen MR) is 87.0 cm³/mol. The summed E-state index contributed by atoms with van der Waals surface area (Å²) < 4.78 is 27.9. The van der Waals surface area contributed by atoms with Crippen molar-refractivity contribution in [2.75, 3.05) is 16.8 Å². The molecule has 0 bridgehead atoms. The third-order valence-electron chi connectivity index (χ3n) is 4.24. The molecule has 0 spiro atoms. The number of nitrogens with zero attached hydrogens (tertiary/aromatic N) is 4. The number of nitrogens with one attached hydrogen (secondary N) is 1. The zero-order valence-electron chi connectivity index (χ0n) is 13.7. The number of aryl methyl sites for hydroxylation is 1. The highest BCUT2D eigenvalue weighted by Crippen LogP contribution is 2.29. The number of benzene rings is 1. The number of nitriles is 1. The van der Waals surface area contributed by atoms with E-state index in [1.54, 1.807) is 13.8 Å². The van der Waals surface area contributed by atoms with Gasteiger partial charge in [-0.15, -0.1) is 5.10 Å². The fourth-order valence-electron chi connectivity index (χ4n) is 2.81. The third-order valence-corrected chi connectivity index (χ3v) is 4.24. The molecule has 2 heterocycles. The maximum Gasteiger partial charge on any atom is 0.229 e. The van der Waals surface area contributed by atoms with Crippen LogP contribution in [0.4, 0.5) is 20.3 Å². The normalized spacial score (nSPS) is 16.8. The van der Waals surface area contributed by atoms with Crippen LogP contribution in [-0.2, 0) is 4.79 Å². The van der Waals surface area contributed by atoms with Crippen molar-refractivity contribution in [2.45, 2.75) is 26.3 Å². The van der Waals surface area contributed by atoms with Crippen molar-refractivity contribution in [3.8, 4) is 6.07 Å². The van der Waals surface area contributed by atoms with Crippen molar-refractivity contribution < 1.29 is 13.6 Å². The van der Waals surface area contributed by atoms with Gasteiger partial charge in [0, 0.05) is 13.0 Å². The van der Waals surface area contributed by atoms with Gasteiger partial charge in [-0.25, -0.2) is 8.78 Å². The monoisotopic (exact) mass is 343 g/mol. The van der Waals surface area contributed by atoms with Gasteiger partial charge in [-0.3, -0.25) is 4.79 Å². The van der Waals surface area contributed by atoms with E-state index in [1.807, 2.05) is 0 Å². The Balaban J connectivity index is 1.85. The number of carbonyl (C=O) groups is 1. The minimum absolute atomic E-state index is 0.0350. The van der Waals surface area contributed by atoms with Crippen molar-refractivity contribution in [2.24, 2.45) is 0 Å². The summed E-state index contributed by atoms with van der Waals surface area (Å²) in [6, 6.07) is 5.09. The second kappa shape index (κ2) is 6.43. The zero-order chi connectivity index (χ0) is 18.1. The first-order chi connectivity index (χ1) is 11.9. The van der Waals surface area contributed by atoms with Gasteiger partial charge < -0.3 is 10.2 Å². The third kappa shape index (κ3) is 3.01. The minimum atomic E-state index is -0.794. The van der Waals surface area contributed by atoms with Crippen LogP contribution >= 0.6 is 0 Å². The first kappa shape index (κ1) is 16.8. The number of carbonyl (C=O) groups excluding carboxylic acids is 1. The Morgan fingerprint density at radius 1 is 1.28 bits per heavy atom. The maximum absolute atomic E-state index is 13.9. The van der Waals surface area contributed by atoms with Gasteiger partial charge in [0.15, 0.2) is 5.82 Å². The summed E-state index contributed by atoms with van der Waals surface area (Å²) in [7, 11) is 0. The first-order valence-electron chi connectivity index (χ1n) is 7.67. The highest BCUT2D eigenvalue weighted by Gasteiger charge is 2.34. The Kier molecular flexibility index (Phi) is 4.31. The number of hydrogen-bond donors (Lipinski definition) is 1. The molecule has 0 aliphatic carbocycles. The van der Waals surface area contributed by atoms with Crippen molar-refractivity contribution in [3.05, 3.63) is 46.7 Å².